The molecule has 0 bridgehead atoms. The number of halogens is 1. The fourth-order valence-electron chi connectivity index (χ4n) is 1.03. The minimum Gasteiger partial charge on any atom is -0.305 e. The number of rotatable bonds is 0. The highest BCUT2D eigenvalue weighted by Crippen LogP contribution is 2.12. The molecule has 1 heterocycles. The van der Waals surface area contributed by atoms with Crippen molar-refractivity contribution >= 4 is 33.5 Å². The van der Waals surface area contributed by atoms with Crippen LogP contribution < -0.4 is 5.69 Å². The van der Waals surface area contributed by atoms with Crippen LogP contribution in [0.25, 0.3) is 10.9 Å². The molecule has 0 atom stereocenters. The third-order valence-electron chi connectivity index (χ3n) is 1.58. The lowest BCUT2D eigenvalue weighted by atomic mass is 10.2. The van der Waals surface area contributed by atoms with Crippen molar-refractivity contribution < 1.29 is 0 Å². The van der Waals surface area contributed by atoms with Crippen LogP contribution in [0.3, 0.4) is 0 Å². The Hall–Kier alpha value is -0.910. The second-order valence-electron chi connectivity index (χ2n) is 2.42. The standard InChI is InChI=1S/C8H5IN2O/c9-6-1-2-7-5(3-6)4-10-8(12)11-7/h1-4H,(H,10,11,12). The van der Waals surface area contributed by atoms with Gasteiger partial charge in [-0.15, -0.1) is 0 Å². The van der Waals surface area contributed by atoms with E-state index in [1.807, 2.05) is 18.2 Å². The van der Waals surface area contributed by atoms with E-state index in [0.717, 1.165) is 14.5 Å². The van der Waals surface area contributed by atoms with Crippen LogP contribution in [-0.2, 0) is 0 Å². The number of nitrogens with zero attached hydrogens (tertiary/aromatic N) is 1. The lowest BCUT2D eigenvalue weighted by Crippen LogP contribution is -2.08. The molecule has 2 rings (SSSR count). The van der Waals surface area contributed by atoms with E-state index in [2.05, 4.69) is 32.6 Å². The van der Waals surface area contributed by atoms with Gasteiger partial charge in [0.25, 0.3) is 0 Å². The van der Waals surface area contributed by atoms with Crippen molar-refractivity contribution in [2.75, 3.05) is 0 Å². The van der Waals surface area contributed by atoms with Gasteiger partial charge in [0.2, 0.25) is 0 Å². The molecule has 1 N–H and O–H groups in total. The van der Waals surface area contributed by atoms with Gasteiger partial charge in [0.15, 0.2) is 0 Å². The molecule has 3 nitrogen and oxygen atoms in total. The van der Waals surface area contributed by atoms with E-state index in [4.69, 9.17) is 0 Å². The number of aromatic nitrogens is 2. The quantitative estimate of drug-likeness (QED) is 0.739. The van der Waals surface area contributed by atoms with Gasteiger partial charge in [0.05, 0.1) is 5.52 Å². The van der Waals surface area contributed by atoms with Gasteiger partial charge < -0.3 is 4.98 Å². The van der Waals surface area contributed by atoms with Crippen LogP contribution in [0.2, 0.25) is 0 Å². The summed E-state index contributed by atoms with van der Waals surface area (Å²) in [6.07, 6.45) is 1.58. The highest BCUT2D eigenvalue weighted by Gasteiger charge is 1.94. The maximum absolute atomic E-state index is 10.8. The van der Waals surface area contributed by atoms with Crippen LogP contribution in [0.4, 0.5) is 0 Å². The fraction of sp³-hybridized carbons (Fsp3) is 0. The molecule has 0 aliphatic heterocycles. The van der Waals surface area contributed by atoms with Gasteiger partial charge in [0, 0.05) is 15.2 Å². The molecule has 0 saturated carbocycles. The zero-order valence-electron chi connectivity index (χ0n) is 6.04. The molecule has 0 aliphatic rings. The summed E-state index contributed by atoms with van der Waals surface area (Å²) in [5.41, 5.74) is 0.527. The van der Waals surface area contributed by atoms with Gasteiger partial charge in [-0.25, -0.2) is 9.78 Å². The molecule has 4 heteroatoms. The van der Waals surface area contributed by atoms with E-state index in [0.29, 0.717) is 0 Å². The highest BCUT2D eigenvalue weighted by atomic mass is 127. The summed E-state index contributed by atoms with van der Waals surface area (Å²) in [5.74, 6) is 0. The normalized spacial score (nSPS) is 10.4. The van der Waals surface area contributed by atoms with E-state index in [1.54, 1.807) is 6.20 Å². The fourth-order valence-corrected chi connectivity index (χ4v) is 1.55. The molecular weight excluding hydrogens is 267 g/mol. The first-order valence-corrected chi connectivity index (χ1v) is 4.48. The smallest absolute Gasteiger partial charge is 0.305 e. The number of aromatic amines is 1. The maximum atomic E-state index is 10.8. The summed E-state index contributed by atoms with van der Waals surface area (Å²) in [6, 6.07) is 5.79. The molecule has 0 unspecified atom stereocenters. The molecule has 0 spiro atoms. The van der Waals surface area contributed by atoms with E-state index >= 15 is 0 Å². The molecule has 60 valence electrons. The first kappa shape index (κ1) is 7.72. The predicted molar refractivity (Wildman–Crippen MR) is 55.1 cm³/mol. The second-order valence-corrected chi connectivity index (χ2v) is 3.67. The van der Waals surface area contributed by atoms with Crippen LogP contribution in [0.15, 0.2) is 29.2 Å². The van der Waals surface area contributed by atoms with Crippen molar-refractivity contribution in [2.45, 2.75) is 0 Å². The molecule has 1 aromatic heterocycles. The van der Waals surface area contributed by atoms with Crippen molar-refractivity contribution in [3.05, 3.63) is 38.5 Å². The van der Waals surface area contributed by atoms with Gasteiger partial charge >= 0.3 is 5.69 Å². The van der Waals surface area contributed by atoms with Crippen molar-refractivity contribution in [3.8, 4) is 0 Å². The second kappa shape index (κ2) is 2.85. The highest BCUT2D eigenvalue weighted by molar-refractivity contribution is 14.1. The van der Waals surface area contributed by atoms with Gasteiger partial charge in [-0.05, 0) is 40.8 Å². The number of benzene rings is 1. The minimum atomic E-state index is -0.302. The van der Waals surface area contributed by atoms with E-state index in [1.165, 1.54) is 0 Å². The lowest BCUT2D eigenvalue weighted by Gasteiger charge is -1.95. The maximum Gasteiger partial charge on any atom is 0.345 e. The number of hydrogen-bond acceptors (Lipinski definition) is 2. The Bertz CT molecular complexity index is 478. The van der Waals surface area contributed by atoms with Crippen molar-refractivity contribution in [3.63, 3.8) is 0 Å². The molecule has 0 saturated heterocycles. The van der Waals surface area contributed by atoms with E-state index < -0.39 is 0 Å². The number of nitrogens with one attached hydrogen (secondary N) is 1. The number of hydrogen-bond donors (Lipinski definition) is 1. The molecular formula is C8H5IN2O. The first-order valence-electron chi connectivity index (χ1n) is 3.40. The molecule has 0 radical (unpaired) electrons. The predicted octanol–water partition coefficient (Wildman–Crippen LogP) is 1.53. The van der Waals surface area contributed by atoms with Crippen molar-refractivity contribution in [1.82, 2.24) is 9.97 Å². The number of fused-ring (bicyclic) bond motifs is 1. The minimum absolute atomic E-state index is 0.302. The Balaban J connectivity index is 2.87. The summed E-state index contributed by atoms with van der Waals surface area (Å²) in [7, 11) is 0. The summed E-state index contributed by atoms with van der Waals surface area (Å²) in [6.45, 7) is 0. The zero-order valence-corrected chi connectivity index (χ0v) is 8.20. The largest absolute Gasteiger partial charge is 0.345 e. The van der Waals surface area contributed by atoms with Crippen LogP contribution in [0.5, 0.6) is 0 Å². The Kier molecular flexibility index (Phi) is 1.84. The van der Waals surface area contributed by atoms with Crippen molar-refractivity contribution in [2.24, 2.45) is 0 Å². The van der Waals surface area contributed by atoms with Crippen LogP contribution in [-0.4, -0.2) is 9.97 Å². The van der Waals surface area contributed by atoms with Gasteiger partial charge in [0.1, 0.15) is 0 Å². The Morgan fingerprint density at radius 3 is 3.08 bits per heavy atom. The summed E-state index contributed by atoms with van der Waals surface area (Å²) < 4.78 is 1.13. The Labute approximate surface area is 82.0 Å². The first-order chi connectivity index (χ1) is 5.75. The Morgan fingerprint density at radius 1 is 1.42 bits per heavy atom. The molecule has 0 amide bonds. The average molecular weight is 272 g/mol. The number of H-pyrrole nitrogens is 1. The third kappa shape index (κ3) is 1.34. The van der Waals surface area contributed by atoms with Gasteiger partial charge in [-0.2, -0.15) is 0 Å². The van der Waals surface area contributed by atoms with Gasteiger partial charge in [-0.3, -0.25) is 0 Å². The molecule has 2 aromatic rings. The van der Waals surface area contributed by atoms with Crippen LogP contribution in [0, 0.1) is 3.57 Å². The van der Waals surface area contributed by atoms with Crippen molar-refractivity contribution in [1.29, 1.82) is 0 Å². The summed E-state index contributed by atoms with van der Waals surface area (Å²) in [5, 5.41) is 0.960. The zero-order chi connectivity index (χ0) is 8.55. The summed E-state index contributed by atoms with van der Waals surface area (Å²) in [4.78, 5) is 17.1. The van der Waals surface area contributed by atoms with Gasteiger partial charge in [-0.1, -0.05) is 0 Å². The SMILES string of the molecule is O=c1ncc2cc(I)ccc2[nH]1. The molecule has 1 aromatic carbocycles. The average Bonchev–Trinajstić information content (AvgIpc) is 2.05. The van der Waals surface area contributed by atoms with Crippen LogP contribution in [0.1, 0.15) is 0 Å². The molecule has 0 fully saturated rings. The third-order valence-corrected chi connectivity index (χ3v) is 2.25. The lowest BCUT2D eigenvalue weighted by molar-refractivity contribution is 1.12. The Morgan fingerprint density at radius 2 is 2.25 bits per heavy atom. The topological polar surface area (TPSA) is 45.8 Å². The monoisotopic (exact) mass is 272 g/mol. The molecule has 12 heavy (non-hydrogen) atoms. The molecule has 0 aliphatic carbocycles. The van der Waals surface area contributed by atoms with E-state index in [-0.39, 0.29) is 5.69 Å². The van der Waals surface area contributed by atoms with Crippen LogP contribution >= 0.6 is 22.6 Å². The van der Waals surface area contributed by atoms with E-state index in [9.17, 15) is 4.79 Å². The summed E-state index contributed by atoms with van der Waals surface area (Å²) >= 11 is 2.22.